The predicted octanol–water partition coefficient (Wildman–Crippen LogP) is 1.85. The second kappa shape index (κ2) is 4.63. The van der Waals surface area contributed by atoms with E-state index in [0.29, 0.717) is 0 Å². The van der Waals surface area contributed by atoms with Gasteiger partial charge >= 0.3 is 0 Å². The molecule has 0 aromatic rings. The molecule has 0 amide bonds. The lowest BCUT2D eigenvalue weighted by atomic mass is 9.79. The molecule has 82 valence electrons. The first-order chi connectivity index (χ1) is 6.85. The monoisotopic (exact) mass is 196 g/mol. The fourth-order valence-corrected chi connectivity index (χ4v) is 3.17. The molecule has 14 heavy (non-hydrogen) atoms. The first-order valence-corrected chi connectivity index (χ1v) is 6.29. The van der Waals surface area contributed by atoms with E-state index in [2.05, 4.69) is 11.8 Å². The molecule has 2 nitrogen and oxygen atoms in total. The van der Waals surface area contributed by atoms with Crippen LogP contribution in [0.2, 0.25) is 0 Å². The predicted molar refractivity (Wildman–Crippen MR) is 60.2 cm³/mol. The molecule has 1 aliphatic heterocycles. The molecule has 2 fully saturated rings. The van der Waals surface area contributed by atoms with Gasteiger partial charge in [-0.15, -0.1) is 0 Å². The SMILES string of the molecule is CCC1CCCCC1N1CC(CN)C1. The van der Waals surface area contributed by atoms with Gasteiger partial charge in [0.1, 0.15) is 0 Å². The van der Waals surface area contributed by atoms with Crippen molar-refractivity contribution in [3.05, 3.63) is 0 Å². The first kappa shape index (κ1) is 10.4. The van der Waals surface area contributed by atoms with Crippen molar-refractivity contribution in [3.63, 3.8) is 0 Å². The van der Waals surface area contributed by atoms with Crippen molar-refractivity contribution in [2.45, 2.75) is 45.1 Å². The Kier molecular flexibility index (Phi) is 3.45. The van der Waals surface area contributed by atoms with Gasteiger partial charge in [0.25, 0.3) is 0 Å². The maximum Gasteiger partial charge on any atom is 0.0124 e. The molecule has 2 heteroatoms. The Morgan fingerprint density at radius 2 is 1.93 bits per heavy atom. The lowest BCUT2D eigenvalue weighted by molar-refractivity contribution is 0.00905. The summed E-state index contributed by atoms with van der Waals surface area (Å²) in [5, 5.41) is 0. The van der Waals surface area contributed by atoms with Crippen molar-refractivity contribution in [2.75, 3.05) is 19.6 Å². The van der Waals surface area contributed by atoms with Gasteiger partial charge in [0.05, 0.1) is 0 Å². The van der Waals surface area contributed by atoms with Crippen LogP contribution in [0.5, 0.6) is 0 Å². The highest BCUT2D eigenvalue weighted by Crippen LogP contribution is 2.33. The summed E-state index contributed by atoms with van der Waals surface area (Å²) in [5.41, 5.74) is 5.67. The van der Waals surface area contributed by atoms with Crippen molar-refractivity contribution < 1.29 is 0 Å². The molecule has 1 aliphatic carbocycles. The number of hydrogen-bond donors (Lipinski definition) is 1. The third kappa shape index (κ3) is 1.96. The highest BCUT2D eigenvalue weighted by atomic mass is 15.2. The molecule has 0 bridgehead atoms. The molecular formula is C12H24N2. The molecular weight excluding hydrogens is 172 g/mol. The fourth-order valence-electron chi connectivity index (χ4n) is 3.17. The number of rotatable bonds is 3. The zero-order valence-electron chi connectivity index (χ0n) is 9.41. The maximum atomic E-state index is 5.67. The lowest BCUT2D eigenvalue weighted by Gasteiger charge is -2.48. The topological polar surface area (TPSA) is 29.3 Å². The molecule has 2 rings (SSSR count). The average Bonchev–Trinajstić information content (AvgIpc) is 2.17. The Morgan fingerprint density at radius 1 is 1.21 bits per heavy atom. The molecule has 2 aliphatic rings. The largest absolute Gasteiger partial charge is 0.330 e. The van der Waals surface area contributed by atoms with Crippen molar-refractivity contribution in [1.82, 2.24) is 4.90 Å². The molecule has 2 N–H and O–H groups in total. The number of hydrogen-bond acceptors (Lipinski definition) is 2. The van der Waals surface area contributed by atoms with E-state index < -0.39 is 0 Å². The van der Waals surface area contributed by atoms with Crippen LogP contribution >= 0.6 is 0 Å². The van der Waals surface area contributed by atoms with Crippen LogP contribution < -0.4 is 5.73 Å². The minimum absolute atomic E-state index is 0.800. The summed E-state index contributed by atoms with van der Waals surface area (Å²) >= 11 is 0. The molecule has 1 saturated heterocycles. The van der Waals surface area contributed by atoms with Gasteiger partial charge in [-0.2, -0.15) is 0 Å². The van der Waals surface area contributed by atoms with Gasteiger partial charge in [0.15, 0.2) is 0 Å². The first-order valence-electron chi connectivity index (χ1n) is 6.29. The average molecular weight is 196 g/mol. The Labute approximate surface area is 87.8 Å². The summed E-state index contributed by atoms with van der Waals surface area (Å²) in [4.78, 5) is 2.69. The van der Waals surface area contributed by atoms with Crippen LogP contribution in [0.25, 0.3) is 0 Å². The van der Waals surface area contributed by atoms with E-state index in [0.717, 1.165) is 24.4 Å². The smallest absolute Gasteiger partial charge is 0.0124 e. The third-order valence-corrected chi connectivity index (χ3v) is 4.18. The Hall–Kier alpha value is -0.0800. The van der Waals surface area contributed by atoms with Crippen molar-refractivity contribution >= 4 is 0 Å². The maximum absolute atomic E-state index is 5.67. The summed E-state index contributed by atoms with van der Waals surface area (Å²) in [6, 6.07) is 0.900. The molecule has 2 unspecified atom stereocenters. The lowest BCUT2D eigenvalue weighted by Crippen LogP contribution is -2.56. The molecule has 0 aromatic carbocycles. The van der Waals surface area contributed by atoms with Crippen LogP contribution in [0, 0.1) is 11.8 Å². The van der Waals surface area contributed by atoms with Gasteiger partial charge in [-0.1, -0.05) is 26.2 Å². The van der Waals surface area contributed by atoms with E-state index in [1.165, 1.54) is 45.2 Å². The van der Waals surface area contributed by atoms with E-state index in [1.807, 2.05) is 0 Å². The standard InChI is InChI=1S/C12H24N2/c1-2-11-5-3-4-6-12(11)14-8-10(7-13)9-14/h10-12H,2-9,13H2,1H3. The zero-order valence-corrected chi connectivity index (χ0v) is 9.41. The summed E-state index contributed by atoms with van der Waals surface area (Å²) in [6.07, 6.45) is 7.18. The number of nitrogens with two attached hydrogens (primary N) is 1. The Bertz CT molecular complexity index is 175. The minimum atomic E-state index is 0.800. The van der Waals surface area contributed by atoms with Gasteiger partial charge in [-0.05, 0) is 31.2 Å². The fraction of sp³-hybridized carbons (Fsp3) is 1.00. The van der Waals surface area contributed by atoms with E-state index in [4.69, 9.17) is 5.73 Å². The van der Waals surface area contributed by atoms with Gasteiger partial charge < -0.3 is 5.73 Å². The van der Waals surface area contributed by atoms with Crippen LogP contribution in [-0.2, 0) is 0 Å². The number of nitrogens with zero attached hydrogens (tertiary/aromatic N) is 1. The molecule has 0 spiro atoms. The van der Waals surface area contributed by atoms with E-state index >= 15 is 0 Å². The summed E-state index contributed by atoms with van der Waals surface area (Å²) in [7, 11) is 0. The molecule has 1 saturated carbocycles. The van der Waals surface area contributed by atoms with Gasteiger partial charge in [0.2, 0.25) is 0 Å². The van der Waals surface area contributed by atoms with Gasteiger partial charge in [-0.3, -0.25) is 4.90 Å². The van der Waals surface area contributed by atoms with Crippen LogP contribution in [-0.4, -0.2) is 30.6 Å². The summed E-state index contributed by atoms with van der Waals surface area (Å²) in [5.74, 6) is 1.77. The van der Waals surface area contributed by atoms with Crippen LogP contribution in [0.3, 0.4) is 0 Å². The Balaban J connectivity index is 1.83. The summed E-state index contributed by atoms with van der Waals surface area (Å²) < 4.78 is 0. The van der Waals surface area contributed by atoms with E-state index in [1.54, 1.807) is 0 Å². The molecule has 1 heterocycles. The highest BCUT2D eigenvalue weighted by molar-refractivity contribution is 4.90. The van der Waals surface area contributed by atoms with E-state index in [9.17, 15) is 0 Å². The third-order valence-electron chi connectivity index (χ3n) is 4.18. The van der Waals surface area contributed by atoms with Crippen LogP contribution in [0.15, 0.2) is 0 Å². The minimum Gasteiger partial charge on any atom is -0.330 e. The quantitative estimate of drug-likeness (QED) is 0.746. The van der Waals surface area contributed by atoms with Crippen molar-refractivity contribution in [2.24, 2.45) is 17.6 Å². The zero-order chi connectivity index (χ0) is 9.97. The van der Waals surface area contributed by atoms with Crippen LogP contribution in [0.4, 0.5) is 0 Å². The molecule has 0 aromatic heterocycles. The van der Waals surface area contributed by atoms with E-state index in [-0.39, 0.29) is 0 Å². The van der Waals surface area contributed by atoms with Crippen molar-refractivity contribution in [3.8, 4) is 0 Å². The molecule has 0 radical (unpaired) electrons. The second-order valence-electron chi connectivity index (χ2n) is 5.08. The molecule has 2 atom stereocenters. The van der Waals surface area contributed by atoms with Crippen molar-refractivity contribution in [1.29, 1.82) is 0 Å². The second-order valence-corrected chi connectivity index (χ2v) is 5.08. The van der Waals surface area contributed by atoms with Crippen LogP contribution in [0.1, 0.15) is 39.0 Å². The Morgan fingerprint density at radius 3 is 2.57 bits per heavy atom. The highest BCUT2D eigenvalue weighted by Gasteiger charge is 2.35. The summed E-state index contributed by atoms with van der Waals surface area (Å²) in [6.45, 7) is 5.79. The van der Waals surface area contributed by atoms with Gasteiger partial charge in [0, 0.05) is 19.1 Å². The van der Waals surface area contributed by atoms with Gasteiger partial charge in [-0.25, -0.2) is 0 Å². The normalized spacial score (nSPS) is 35.6. The number of likely N-dealkylation sites (tertiary alicyclic amines) is 1.